The van der Waals surface area contributed by atoms with Gasteiger partial charge < -0.3 is 14.6 Å². The van der Waals surface area contributed by atoms with Crippen LogP contribution in [0.25, 0.3) is 10.9 Å². The summed E-state index contributed by atoms with van der Waals surface area (Å²) in [5, 5.41) is 13.8. The van der Waals surface area contributed by atoms with E-state index in [0.717, 1.165) is 54.1 Å². The number of aromatic nitrogens is 5. The average Bonchev–Trinajstić information content (AvgIpc) is 3.35. The fourth-order valence-corrected chi connectivity index (χ4v) is 4.99. The van der Waals surface area contributed by atoms with Crippen LogP contribution in [0, 0.1) is 6.92 Å². The van der Waals surface area contributed by atoms with Crippen LogP contribution in [-0.4, -0.2) is 63.4 Å². The first-order valence-electron chi connectivity index (χ1n) is 12.3. The third-order valence-corrected chi connectivity index (χ3v) is 6.80. The fraction of sp³-hybridized carbons (Fsp3) is 0.407. The number of rotatable bonds is 5. The van der Waals surface area contributed by atoms with Crippen molar-refractivity contribution in [2.45, 2.75) is 39.3 Å². The molecule has 36 heavy (non-hydrogen) atoms. The molecule has 4 aromatic rings. The molecule has 0 bridgehead atoms. The van der Waals surface area contributed by atoms with E-state index in [4.69, 9.17) is 4.74 Å². The standard InChI is InChI=1S/C27H33N7O2/c1-18-10-11-19-17-20(26(35)28-21(19)16-18)24(25-29-30-31-34(25)27(2,3)4)33-14-12-32(13-15-33)22-8-6-7-9-23(22)36-5/h6-11,16-17,24H,12-15H2,1-5H3,(H,28,35)/t24-/m1/s1. The summed E-state index contributed by atoms with van der Waals surface area (Å²) in [7, 11) is 1.70. The lowest BCUT2D eigenvalue weighted by atomic mass is 10.0. The number of nitrogens with zero attached hydrogens (tertiary/aromatic N) is 6. The number of piperazine rings is 1. The number of hydrogen-bond acceptors (Lipinski definition) is 7. The van der Waals surface area contributed by atoms with E-state index in [1.165, 1.54) is 0 Å². The molecule has 1 aliphatic heterocycles. The number of ether oxygens (including phenoxy) is 1. The second-order valence-corrected chi connectivity index (χ2v) is 10.4. The normalized spacial score (nSPS) is 15.9. The maximum absolute atomic E-state index is 13.5. The third-order valence-electron chi connectivity index (χ3n) is 6.80. The minimum atomic E-state index is -0.381. The molecule has 1 fully saturated rings. The number of methoxy groups -OCH3 is 1. The van der Waals surface area contributed by atoms with E-state index in [-0.39, 0.29) is 17.1 Å². The second-order valence-electron chi connectivity index (χ2n) is 10.4. The molecule has 5 rings (SSSR count). The molecule has 0 saturated carbocycles. The van der Waals surface area contributed by atoms with Gasteiger partial charge in [-0.05, 0) is 73.3 Å². The number of para-hydroxylation sites is 2. The summed E-state index contributed by atoms with van der Waals surface area (Å²) in [6.07, 6.45) is 0. The Kier molecular flexibility index (Phi) is 6.26. The largest absolute Gasteiger partial charge is 0.495 e. The number of fused-ring (bicyclic) bond motifs is 1. The van der Waals surface area contributed by atoms with Gasteiger partial charge in [-0.15, -0.1) is 5.10 Å². The number of hydrogen-bond donors (Lipinski definition) is 1. The van der Waals surface area contributed by atoms with Gasteiger partial charge in [-0.1, -0.05) is 24.3 Å². The lowest BCUT2D eigenvalue weighted by molar-refractivity contribution is 0.190. The number of nitrogens with one attached hydrogen (secondary N) is 1. The van der Waals surface area contributed by atoms with Gasteiger partial charge in [0.05, 0.1) is 18.3 Å². The molecule has 3 heterocycles. The van der Waals surface area contributed by atoms with Gasteiger partial charge in [0.25, 0.3) is 5.56 Å². The average molecular weight is 488 g/mol. The molecule has 9 nitrogen and oxygen atoms in total. The second kappa shape index (κ2) is 9.39. The summed E-state index contributed by atoms with van der Waals surface area (Å²) in [4.78, 5) is 21.2. The molecule has 1 aliphatic rings. The number of tetrazole rings is 1. The number of anilines is 1. The molecular formula is C27H33N7O2. The Morgan fingerprint density at radius 2 is 1.78 bits per heavy atom. The Balaban J connectivity index is 1.55. The van der Waals surface area contributed by atoms with Crippen molar-refractivity contribution in [3.8, 4) is 5.75 Å². The Bertz CT molecular complexity index is 1430. The Labute approximate surface area is 210 Å². The van der Waals surface area contributed by atoms with Gasteiger partial charge in [0.2, 0.25) is 0 Å². The van der Waals surface area contributed by atoms with Crippen LogP contribution < -0.4 is 15.2 Å². The summed E-state index contributed by atoms with van der Waals surface area (Å²) in [6.45, 7) is 11.3. The van der Waals surface area contributed by atoms with Gasteiger partial charge in [-0.3, -0.25) is 9.69 Å². The maximum atomic E-state index is 13.5. The first-order valence-corrected chi connectivity index (χ1v) is 12.3. The number of aryl methyl sites for hydroxylation is 1. The molecule has 0 aliphatic carbocycles. The van der Waals surface area contributed by atoms with Crippen LogP contribution in [0.5, 0.6) is 5.75 Å². The van der Waals surface area contributed by atoms with Gasteiger partial charge in [0.1, 0.15) is 11.8 Å². The molecule has 0 radical (unpaired) electrons. The van der Waals surface area contributed by atoms with Gasteiger partial charge >= 0.3 is 0 Å². The molecular weight excluding hydrogens is 454 g/mol. The maximum Gasteiger partial charge on any atom is 0.253 e. The lowest BCUT2D eigenvalue weighted by Gasteiger charge is -2.40. The van der Waals surface area contributed by atoms with Crippen LogP contribution in [0.15, 0.2) is 53.3 Å². The number of H-pyrrole nitrogens is 1. The molecule has 188 valence electrons. The molecule has 0 spiro atoms. The Morgan fingerprint density at radius 1 is 1.03 bits per heavy atom. The summed E-state index contributed by atoms with van der Waals surface area (Å²) < 4.78 is 7.43. The van der Waals surface area contributed by atoms with E-state index in [1.54, 1.807) is 7.11 Å². The highest BCUT2D eigenvalue weighted by Gasteiger charge is 2.35. The molecule has 2 aromatic heterocycles. The minimum Gasteiger partial charge on any atom is -0.495 e. The van der Waals surface area contributed by atoms with Crippen LogP contribution in [0.2, 0.25) is 0 Å². The topological polar surface area (TPSA) is 92.2 Å². The Hall–Kier alpha value is -3.72. The van der Waals surface area contributed by atoms with Crippen LogP contribution in [0.1, 0.15) is 43.8 Å². The fourth-order valence-electron chi connectivity index (χ4n) is 4.99. The number of aromatic amines is 1. The van der Waals surface area contributed by atoms with E-state index in [2.05, 4.69) is 63.2 Å². The summed E-state index contributed by atoms with van der Waals surface area (Å²) in [5.41, 5.74) is 3.21. The smallest absolute Gasteiger partial charge is 0.253 e. The van der Waals surface area contributed by atoms with E-state index >= 15 is 0 Å². The van der Waals surface area contributed by atoms with E-state index in [9.17, 15) is 4.79 Å². The van der Waals surface area contributed by atoms with Crippen molar-refractivity contribution in [3.63, 3.8) is 0 Å². The molecule has 2 aromatic carbocycles. The lowest BCUT2D eigenvalue weighted by Crippen LogP contribution is -2.49. The van der Waals surface area contributed by atoms with Gasteiger partial charge in [0, 0.05) is 37.3 Å². The zero-order chi connectivity index (χ0) is 25.4. The monoisotopic (exact) mass is 487 g/mol. The molecule has 9 heteroatoms. The van der Waals surface area contributed by atoms with Crippen molar-refractivity contribution < 1.29 is 4.74 Å². The molecule has 1 atom stereocenters. The predicted molar refractivity (Wildman–Crippen MR) is 141 cm³/mol. The van der Waals surface area contributed by atoms with Crippen LogP contribution >= 0.6 is 0 Å². The zero-order valence-electron chi connectivity index (χ0n) is 21.5. The summed E-state index contributed by atoms with van der Waals surface area (Å²) in [5.74, 6) is 1.53. The van der Waals surface area contributed by atoms with E-state index in [0.29, 0.717) is 11.4 Å². The molecule has 1 N–H and O–H groups in total. The van der Waals surface area contributed by atoms with E-state index in [1.807, 2.05) is 48.0 Å². The summed E-state index contributed by atoms with van der Waals surface area (Å²) in [6, 6.07) is 15.8. The van der Waals surface area contributed by atoms with Gasteiger partial charge in [0.15, 0.2) is 5.82 Å². The van der Waals surface area contributed by atoms with Crippen LogP contribution in [-0.2, 0) is 5.54 Å². The Morgan fingerprint density at radius 3 is 2.50 bits per heavy atom. The van der Waals surface area contributed by atoms with Gasteiger partial charge in [-0.25, -0.2) is 4.68 Å². The van der Waals surface area contributed by atoms with E-state index < -0.39 is 0 Å². The quantitative estimate of drug-likeness (QED) is 0.461. The minimum absolute atomic E-state index is 0.117. The van der Waals surface area contributed by atoms with Crippen molar-refractivity contribution in [2.24, 2.45) is 0 Å². The highest BCUT2D eigenvalue weighted by atomic mass is 16.5. The highest BCUT2D eigenvalue weighted by molar-refractivity contribution is 5.79. The zero-order valence-corrected chi connectivity index (χ0v) is 21.5. The number of benzene rings is 2. The van der Waals surface area contributed by atoms with Crippen molar-refractivity contribution in [2.75, 3.05) is 38.2 Å². The number of pyridine rings is 1. The third kappa shape index (κ3) is 4.46. The van der Waals surface area contributed by atoms with Crippen molar-refractivity contribution in [1.82, 2.24) is 30.1 Å². The first kappa shape index (κ1) is 24.0. The molecule has 0 amide bonds. The highest BCUT2D eigenvalue weighted by Crippen LogP contribution is 2.33. The summed E-state index contributed by atoms with van der Waals surface area (Å²) >= 11 is 0. The SMILES string of the molecule is COc1ccccc1N1CCN([C@H](c2cc3ccc(C)cc3[nH]c2=O)c2nnnn2C(C)(C)C)CC1. The van der Waals surface area contributed by atoms with Crippen molar-refractivity contribution in [3.05, 3.63) is 75.8 Å². The van der Waals surface area contributed by atoms with Gasteiger partial charge in [-0.2, -0.15) is 0 Å². The first-order chi connectivity index (χ1) is 17.3. The van der Waals surface area contributed by atoms with Crippen LogP contribution in [0.3, 0.4) is 0 Å². The van der Waals surface area contributed by atoms with Crippen molar-refractivity contribution >= 4 is 16.6 Å². The van der Waals surface area contributed by atoms with Crippen molar-refractivity contribution in [1.29, 1.82) is 0 Å². The van der Waals surface area contributed by atoms with Crippen LogP contribution in [0.4, 0.5) is 5.69 Å². The predicted octanol–water partition coefficient (Wildman–Crippen LogP) is 3.50. The molecule has 0 unspecified atom stereocenters. The molecule has 1 saturated heterocycles.